The monoisotopic (exact) mass is 216 g/mol. The molecule has 82 valence electrons. The van der Waals surface area contributed by atoms with E-state index < -0.39 is 0 Å². The van der Waals surface area contributed by atoms with Gasteiger partial charge in [-0.2, -0.15) is 5.10 Å². The van der Waals surface area contributed by atoms with Crippen LogP contribution in [-0.4, -0.2) is 20.7 Å². The number of pyridine rings is 1. The third-order valence-electron chi connectivity index (χ3n) is 2.18. The fraction of sp³-hybridized carbons (Fsp3) is 0.182. The Morgan fingerprint density at radius 1 is 1.44 bits per heavy atom. The highest BCUT2D eigenvalue weighted by Crippen LogP contribution is 2.07. The first-order valence-corrected chi connectivity index (χ1v) is 4.89. The van der Waals surface area contributed by atoms with Gasteiger partial charge in [0.05, 0.1) is 0 Å². The molecule has 16 heavy (non-hydrogen) atoms. The Bertz CT molecular complexity index is 518. The predicted octanol–water partition coefficient (Wildman–Crippen LogP) is 1.38. The first kappa shape index (κ1) is 10.4. The minimum Gasteiger partial charge on any atom is -0.304 e. The number of carbonyl (C=O) groups excluding carboxylic acids is 1. The minimum atomic E-state index is -0.239. The van der Waals surface area contributed by atoms with Crippen LogP contribution in [0.15, 0.2) is 30.6 Å². The molecule has 0 fully saturated rings. The van der Waals surface area contributed by atoms with E-state index in [0.29, 0.717) is 11.5 Å². The van der Waals surface area contributed by atoms with Crippen LogP contribution in [0, 0.1) is 6.92 Å². The van der Waals surface area contributed by atoms with Crippen molar-refractivity contribution in [1.82, 2.24) is 14.8 Å². The van der Waals surface area contributed by atoms with Gasteiger partial charge >= 0.3 is 0 Å². The van der Waals surface area contributed by atoms with E-state index in [0.717, 1.165) is 5.56 Å². The van der Waals surface area contributed by atoms with Crippen molar-refractivity contribution in [3.63, 3.8) is 0 Å². The Hall–Kier alpha value is -2.17. The summed E-state index contributed by atoms with van der Waals surface area (Å²) in [6, 6.07) is 5.38. The van der Waals surface area contributed by atoms with Gasteiger partial charge in [0.2, 0.25) is 0 Å². The summed E-state index contributed by atoms with van der Waals surface area (Å²) in [4.78, 5) is 15.9. The second-order valence-corrected chi connectivity index (χ2v) is 3.50. The zero-order valence-electron chi connectivity index (χ0n) is 9.14. The van der Waals surface area contributed by atoms with E-state index in [2.05, 4.69) is 15.4 Å². The predicted molar refractivity (Wildman–Crippen MR) is 60.1 cm³/mol. The number of nitrogens with one attached hydrogen (secondary N) is 1. The van der Waals surface area contributed by atoms with Gasteiger partial charge in [0, 0.05) is 25.5 Å². The minimum absolute atomic E-state index is 0.239. The van der Waals surface area contributed by atoms with Gasteiger partial charge in [0.25, 0.3) is 5.91 Å². The van der Waals surface area contributed by atoms with Crippen molar-refractivity contribution in [2.75, 3.05) is 5.32 Å². The van der Waals surface area contributed by atoms with Crippen LogP contribution in [0.25, 0.3) is 0 Å². The summed E-state index contributed by atoms with van der Waals surface area (Å²) in [6.45, 7) is 1.85. The molecule has 0 saturated carbocycles. The first-order valence-electron chi connectivity index (χ1n) is 4.89. The van der Waals surface area contributed by atoms with Crippen LogP contribution in [0.3, 0.4) is 0 Å². The molecule has 2 rings (SSSR count). The van der Waals surface area contributed by atoms with E-state index in [9.17, 15) is 4.79 Å². The second kappa shape index (κ2) is 4.14. The van der Waals surface area contributed by atoms with Crippen LogP contribution in [0.2, 0.25) is 0 Å². The molecule has 0 aromatic carbocycles. The smallest absolute Gasteiger partial charge is 0.275 e. The Labute approximate surface area is 93.1 Å². The number of rotatable bonds is 2. The number of aryl methyl sites for hydroxylation is 2. The molecule has 0 aliphatic rings. The quantitative estimate of drug-likeness (QED) is 0.824. The highest BCUT2D eigenvalue weighted by molar-refractivity contribution is 6.03. The Morgan fingerprint density at radius 3 is 2.88 bits per heavy atom. The third-order valence-corrected chi connectivity index (χ3v) is 2.18. The van der Waals surface area contributed by atoms with Gasteiger partial charge in [-0.05, 0) is 18.6 Å². The van der Waals surface area contributed by atoms with Crippen LogP contribution in [0.4, 0.5) is 5.82 Å². The molecule has 0 aliphatic carbocycles. The van der Waals surface area contributed by atoms with E-state index in [4.69, 9.17) is 0 Å². The third kappa shape index (κ3) is 2.08. The molecule has 2 aromatic rings. The van der Waals surface area contributed by atoms with Crippen LogP contribution in [0.5, 0.6) is 0 Å². The Balaban J connectivity index is 2.18. The number of anilines is 1. The van der Waals surface area contributed by atoms with E-state index in [1.54, 1.807) is 36.3 Å². The largest absolute Gasteiger partial charge is 0.304 e. The summed E-state index contributed by atoms with van der Waals surface area (Å²) in [6.07, 6.45) is 3.36. The summed E-state index contributed by atoms with van der Waals surface area (Å²) >= 11 is 0. The maximum atomic E-state index is 11.8. The fourth-order valence-electron chi connectivity index (χ4n) is 1.38. The Morgan fingerprint density at radius 2 is 2.25 bits per heavy atom. The number of nitrogens with zero attached hydrogens (tertiary/aromatic N) is 3. The maximum Gasteiger partial charge on any atom is 0.275 e. The topological polar surface area (TPSA) is 59.8 Å². The molecule has 0 spiro atoms. The number of aromatic nitrogens is 3. The number of carbonyl (C=O) groups is 1. The van der Waals surface area contributed by atoms with Crippen LogP contribution in [-0.2, 0) is 7.05 Å². The SMILES string of the molecule is Cc1cccnc1C(=O)Nc1ccn(C)n1. The van der Waals surface area contributed by atoms with Crippen molar-refractivity contribution in [1.29, 1.82) is 0 Å². The van der Waals surface area contributed by atoms with Gasteiger partial charge in [0.15, 0.2) is 5.82 Å². The van der Waals surface area contributed by atoms with E-state index in [1.807, 2.05) is 13.0 Å². The molecule has 0 aliphatic heterocycles. The molecule has 5 heteroatoms. The average molecular weight is 216 g/mol. The van der Waals surface area contributed by atoms with Crippen molar-refractivity contribution in [3.8, 4) is 0 Å². The van der Waals surface area contributed by atoms with E-state index in [-0.39, 0.29) is 5.91 Å². The fourth-order valence-corrected chi connectivity index (χ4v) is 1.38. The van der Waals surface area contributed by atoms with E-state index >= 15 is 0 Å². The van der Waals surface area contributed by atoms with Crippen molar-refractivity contribution >= 4 is 11.7 Å². The number of hydrogen-bond donors (Lipinski definition) is 1. The molecule has 1 N–H and O–H groups in total. The zero-order chi connectivity index (χ0) is 11.5. The molecular formula is C11H12N4O. The van der Waals surface area contributed by atoms with Crippen LogP contribution >= 0.6 is 0 Å². The molecule has 2 heterocycles. The molecule has 0 radical (unpaired) electrons. The van der Waals surface area contributed by atoms with Gasteiger partial charge in [-0.25, -0.2) is 0 Å². The summed E-state index contributed by atoms with van der Waals surface area (Å²) in [5, 5.41) is 6.75. The van der Waals surface area contributed by atoms with Gasteiger partial charge in [-0.15, -0.1) is 0 Å². The molecular weight excluding hydrogens is 204 g/mol. The average Bonchev–Trinajstić information content (AvgIpc) is 2.64. The molecule has 0 atom stereocenters. The van der Waals surface area contributed by atoms with Gasteiger partial charge in [0.1, 0.15) is 5.69 Å². The summed E-state index contributed by atoms with van der Waals surface area (Å²) in [5.74, 6) is 0.286. The first-order chi connectivity index (χ1) is 7.66. The summed E-state index contributed by atoms with van der Waals surface area (Å²) in [5.41, 5.74) is 1.27. The summed E-state index contributed by atoms with van der Waals surface area (Å²) in [7, 11) is 1.79. The van der Waals surface area contributed by atoms with Crippen LogP contribution in [0.1, 0.15) is 16.1 Å². The highest BCUT2D eigenvalue weighted by atomic mass is 16.2. The zero-order valence-corrected chi connectivity index (χ0v) is 9.14. The lowest BCUT2D eigenvalue weighted by Crippen LogP contribution is -2.15. The molecule has 2 aromatic heterocycles. The van der Waals surface area contributed by atoms with E-state index in [1.165, 1.54) is 0 Å². The lowest BCUT2D eigenvalue weighted by molar-refractivity contribution is 0.102. The number of hydrogen-bond acceptors (Lipinski definition) is 3. The lowest BCUT2D eigenvalue weighted by Gasteiger charge is -2.03. The normalized spacial score (nSPS) is 10.1. The molecule has 0 bridgehead atoms. The summed E-state index contributed by atoms with van der Waals surface area (Å²) < 4.78 is 1.63. The van der Waals surface area contributed by atoms with Crippen molar-refractivity contribution in [2.45, 2.75) is 6.92 Å². The number of amides is 1. The van der Waals surface area contributed by atoms with Gasteiger partial charge in [-0.3, -0.25) is 14.5 Å². The lowest BCUT2D eigenvalue weighted by atomic mass is 10.2. The van der Waals surface area contributed by atoms with Gasteiger partial charge in [-0.1, -0.05) is 6.07 Å². The van der Waals surface area contributed by atoms with Crippen molar-refractivity contribution < 1.29 is 4.79 Å². The highest BCUT2D eigenvalue weighted by Gasteiger charge is 2.10. The molecule has 0 saturated heterocycles. The molecule has 1 amide bonds. The van der Waals surface area contributed by atoms with Gasteiger partial charge < -0.3 is 5.32 Å². The van der Waals surface area contributed by atoms with Crippen LogP contribution < -0.4 is 5.32 Å². The Kier molecular flexibility index (Phi) is 2.68. The molecule has 5 nitrogen and oxygen atoms in total. The molecule has 0 unspecified atom stereocenters. The van der Waals surface area contributed by atoms with Crippen molar-refractivity contribution in [2.24, 2.45) is 7.05 Å². The maximum absolute atomic E-state index is 11.8. The standard InChI is InChI=1S/C11H12N4O/c1-8-4-3-6-12-10(8)11(16)13-9-5-7-15(2)14-9/h3-7H,1-2H3,(H,13,14,16). The second-order valence-electron chi connectivity index (χ2n) is 3.50. The van der Waals surface area contributed by atoms with Crippen molar-refractivity contribution in [3.05, 3.63) is 41.9 Å².